The van der Waals surface area contributed by atoms with E-state index < -0.39 is 0 Å². The molecule has 2 heterocycles. The van der Waals surface area contributed by atoms with Crippen LogP contribution in [0.4, 0.5) is 0 Å². The SMILES string of the molecule is NCCc1ncc(-c2cc(Br)c(Br)s2)o1. The molecule has 0 aliphatic carbocycles. The van der Waals surface area contributed by atoms with Crippen LogP contribution in [0.3, 0.4) is 0 Å². The zero-order chi connectivity index (χ0) is 10.8. The number of halogens is 2. The molecular weight excluding hydrogens is 344 g/mol. The van der Waals surface area contributed by atoms with Crippen molar-refractivity contribution in [2.75, 3.05) is 6.54 Å². The minimum absolute atomic E-state index is 0.553. The molecule has 0 spiro atoms. The maximum Gasteiger partial charge on any atom is 0.196 e. The van der Waals surface area contributed by atoms with E-state index in [0.29, 0.717) is 18.9 Å². The van der Waals surface area contributed by atoms with Crippen LogP contribution < -0.4 is 5.73 Å². The van der Waals surface area contributed by atoms with Gasteiger partial charge in [-0.15, -0.1) is 11.3 Å². The minimum atomic E-state index is 0.553. The first kappa shape index (κ1) is 11.3. The molecule has 80 valence electrons. The summed E-state index contributed by atoms with van der Waals surface area (Å²) in [6.07, 6.45) is 2.41. The van der Waals surface area contributed by atoms with Gasteiger partial charge in [0.15, 0.2) is 11.7 Å². The van der Waals surface area contributed by atoms with E-state index in [0.717, 1.165) is 18.9 Å². The molecule has 2 rings (SSSR count). The highest BCUT2D eigenvalue weighted by Crippen LogP contribution is 2.38. The van der Waals surface area contributed by atoms with Crippen LogP contribution in [0.15, 0.2) is 24.9 Å². The van der Waals surface area contributed by atoms with E-state index in [2.05, 4.69) is 36.8 Å². The second-order valence-corrected chi connectivity index (χ2v) is 6.11. The third-order valence-corrected chi connectivity index (χ3v) is 5.07. The summed E-state index contributed by atoms with van der Waals surface area (Å²) < 4.78 is 7.63. The molecule has 0 bridgehead atoms. The summed E-state index contributed by atoms with van der Waals surface area (Å²) >= 11 is 8.48. The normalized spacial score (nSPS) is 10.9. The fourth-order valence-electron chi connectivity index (χ4n) is 1.13. The summed E-state index contributed by atoms with van der Waals surface area (Å²) in [7, 11) is 0. The molecule has 0 amide bonds. The van der Waals surface area contributed by atoms with Crippen LogP contribution in [0.5, 0.6) is 0 Å². The second kappa shape index (κ2) is 4.78. The third kappa shape index (κ3) is 2.50. The predicted octanol–water partition coefficient (Wildman–Crippen LogP) is 3.43. The fraction of sp³-hybridized carbons (Fsp3) is 0.222. The topological polar surface area (TPSA) is 52.0 Å². The first-order valence-corrected chi connectivity index (χ1v) is 6.71. The van der Waals surface area contributed by atoms with E-state index in [1.807, 2.05) is 6.07 Å². The monoisotopic (exact) mass is 350 g/mol. The van der Waals surface area contributed by atoms with Crippen molar-refractivity contribution in [3.63, 3.8) is 0 Å². The predicted molar refractivity (Wildman–Crippen MR) is 68.0 cm³/mol. The highest BCUT2D eigenvalue weighted by atomic mass is 79.9. The second-order valence-electron chi connectivity index (χ2n) is 2.89. The van der Waals surface area contributed by atoms with Crippen molar-refractivity contribution in [3.05, 3.63) is 26.4 Å². The molecule has 0 saturated carbocycles. The Morgan fingerprint density at radius 1 is 1.47 bits per heavy atom. The Bertz CT molecular complexity index is 447. The molecule has 0 fully saturated rings. The Hall–Kier alpha value is -0.170. The number of aromatic nitrogens is 1. The van der Waals surface area contributed by atoms with E-state index in [9.17, 15) is 0 Å². The van der Waals surface area contributed by atoms with Crippen molar-refractivity contribution >= 4 is 43.2 Å². The molecule has 15 heavy (non-hydrogen) atoms. The number of oxazole rings is 1. The van der Waals surface area contributed by atoms with Crippen LogP contribution in [0.1, 0.15) is 5.89 Å². The van der Waals surface area contributed by atoms with Crippen LogP contribution in [0.25, 0.3) is 10.6 Å². The van der Waals surface area contributed by atoms with Crippen LogP contribution >= 0.6 is 43.2 Å². The Morgan fingerprint density at radius 2 is 2.27 bits per heavy atom. The van der Waals surface area contributed by atoms with Gasteiger partial charge in [-0.2, -0.15) is 0 Å². The summed E-state index contributed by atoms with van der Waals surface area (Å²) in [4.78, 5) is 5.20. The first-order chi connectivity index (χ1) is 7.20. The lowest BCUT2D eigenvalue weighted by Gasteiger charge is -1.89. The Labute approximate surface area is 108 Å². The van der Waals surface area contributed by atoms with Crippen LogP contribution in [0, 0.1) is 0 Å². The van der Waals surface area contributed by atoms with Gasteiger partial charge in [-0.1, -0.05) is 0 Å². The number of nitrogens with zero attached hydrogens (tertiary/aromatic N) is 1. The van der Waals surface area contributed by atoms with E-state index in [4.69, 9.17) is 10.2 Å². The number of rotatable bonds is 3. The fourth-order valence-corrected chi connectivity index (χ4v) is 3.11. The van der Waals surface area contributed by atoms with Crippen molar-refractivity contribution in [3.8, 4) is 10.6 Å². The van der Waals surface area contributed by atoms with Crippen LogP contribution in [0.2, 0.25) is 0 Å². The Balaban J connectivity index is 2.28. The zero-order valence-electron chi connectivity index (χ0n) is 7.67. The number of hydrogen-bond donors (Lipinski definition) is 1. The van der Waals surface area contributed by atoms with E-state index in [-0.39, 0.29) is 0 Å². The average molecular weight is 352 g/mol. The third-order valence-electron chi connectivity index (χ3n) is 1.80. The Morgan fingerprint density at radius 3 is 2.87 bits per heavy atom. The lowest BCUT2D eigenvalue weighted by Crippen LogP contribution is -2.02. The molecule has 0 saturated heterocycles. The van der Waals surface area contributed by atoms with Crippen LogP contribution in [-0.2, 0) is 6.42 Å². The molecule has 0 aliphatic rings. The molecule has 0 unspecified atom stereocenters. The smallest absolute Gasteiger partial charge is 0.196 e. The van der Waals surface area contributed by atoms with Gasteiger partial charge in [0.2, 0.25) is 0 Å². The van der Waals surface area contributed by atoms with Gasteiger partial charge in [-0.3, -0.25) is 0 Å². The highest BCUT2D eigenvalue weighted by Gasteiger charge is 2.10. The van der Waals surface area contributed by atoms with Crippen molar-refractivity contribution in [2.24, 2.45) is 5.73 Å². The molecule has 2 N–H and O–H groups in total. The molecule has 0 aromatic carbocycles. The van der Waals surface area contributed by atoms with Crippen molar-refractivity contribution in [1.29, 1.82) is 0 Å². The molecule has 3 nitrogen and oxygen atoms in total. The van der Waals surface area contributed by atoms with Crippen molar-refractivity contribution in [2.45, 2.75) is 6.42 Å². The molecule has 6 heteroatoms. The summed E-state index contributed by atoms with van der Waals surface area (Å²) in [5.74, 6) is 1.47. The maximum absolute atomic E-state index is 5.56. The number of nitrogens with two attached hydrogens (primary N) is 1. The molecule has 0 atom stereocenters. The van der Waals surface area contributed by atoms with E-state index >= 15 is 0 Å². The summed E-state index contributed by atoms with van der Waals surface area (Å²) in [6.45, 7) is 0.553. The molecule has 2 aromatic heterocycles. The zero-order valence-corrected chi connectivity index (χ0v) is 11.7. The van der Waals surface area contributed by atoms with Crippen molar-refractivity contribution in [1.82, 2.24) is 4.98 Å². The average Bonchev–Trinajstić information content (AvgIpc) is 2.76. The number of thiophene rings is 1. The van der Waals surface area contributed by atoms with Gasteiger partial charge in [0.25, 0.3) is 0 Å². The molecule has 0 aliphatic heterocycles. The van der Waals surface area contributed by atoms with Gasteiger partial charge in [0, 0.05) is 17.4 Å². The Kier molecular flexibility index (Phi) is 3.60. The first-order valence-electron chi connectivity index (χ1n) is 4.30. The van der Waals surface area contributed by atoms with Gasteiger partial charge in [-0.25, -0.2) is 4.98 Å². The van der Waals surface area contributed by atoms with E-state index in [1.54, 1.807) is 17.5 Å². The minimum Gasteiger partial charge on any atom is -0.440 e. The lowest BCUT2D eigenvalue weighted by molar-refractivity contribution is 0.509. The summed E-state index contributed by atoms with van der Waals surface area (Å²) in [5, 5.41) is 0. The van der Waals surface area contributed by atoms with Gasteiger partial charge in [0.1, 0.15) is 0 Å². The summed E-state index contributed by atoms with van der Waals surface area (Å²) in [6, 6.07) is 2.00. The molecule has 0 radical (unpaired) electrons. The summed E-state index contributed by atoms with van der Waals surface area (Å²) in [5.41, 5.74) is 5.42. The van der Waals surface area contributed by atoms with Gasteiger partial charge in [-0.05, 0) is 37.9 Å². The van der Waals surface area contributed by atoms with Gasteiger partial charge in [0.05, 0.1) is 14.9 Å². The standard InChI is InChI=1S/C9H8Br2N2OS/c10-5-3-7(15-9(5)11)6-4-13-8(14-6)1-2-12/h3-4H,1-2,12H2. The van der Waals surface area contributed by atoms with Crippen LogP contribution in [-0.4, -0.2) is 11.5 Å². The highest BCUT2D eigenvalue weighted by molar-refractivity contribution is 9.13. The van der Waals surface area contributed by atoms with Gasteiger partial charge < -0.3 is 10.2 Å². The van der Waals surface area contributed by atoms with Gasteiger partial charge >= 0.3 is 0 Å². The maximum atomic E-state index is 5.56. The number of hydrogen-bond acceptors (Lipinski definition) is 4. The van der Waals surface area contributed by atoms with E-state index in [1.165, 1.54) is 0 Å². The molecular formula is C9H8Br2N2OS. The largest absolute Gasteiger partial charge is 0.440 e. The lowest BCUT2D eigenvalue weighted by atomic mass is 10.4. The quantitative estimate of drug-likeness (QED) is 0.921. The van der Waals surface area contributed by atoms with Crippen molar-refractivity contribution < 1.29 is 4.42 Å². The molecule has 2 aromatic rings.